The molecule has 1 fully saturated rings. The molecular formula is C18H25N5O7. The first-order valence-corrected chi connectivity index (χ1v) is 9.65. The third kappa shape index (κ3) is 5.69. The number of hydrogen-bond donors (Lipinski definition) is 1. The Bertz CT molecular complexity index is 861. The first kappa shape index (κ1) is 21.6. The number of hydrogen-bond acceptors (Lipinski definition) is 11. The number of ether oxygens (including phenoxy) is 5. The highest BCUT2D eigenvalue weighted by Crippen LogP contribution is 2.42. The summed E-state index contributed by atoms with van der Waals surface area (Å²) in [4.78, 5) is 35.5. The molecule has 0 spiro atoms. The number of nitrogens with zero attached hydrogens (tertiary/aromatic N) is 4. The van der Waals surface area contributed by atoms with E-state index in [0.29, 0.717) is 17.7 Å². The summed E-state index contributed by atoms with van der Waals surface area (Å²) in [7, 11) is 0. The van der Waals surface area contributed by atoms with Gasteiger partial charge in [-0.1, -0.05) is 0 Å². The Morgan fingerprint density at radius 1 is 1.10 bits per heavy atom. The smallest absolute Gasteiger partial charge is 0.435 e. The molecule has 2 aromatic rings. The third-order valence-corrected chi connectivity index (χ3v) is 4.36. The van der Waals surface area contributed by atoms with Gasteiger partial charge in [0.2, 0.25) is 5.95 Å². The molecular weight excluding hydrogens is 398 g/mol. The van der Waals surface area contributed by atoms with Crippen LogP contribution in [0.15, 0.2) is 12.5 Å². The number of anilines is 1. The highest BCUT2D eigenvalue weighted by Gasteiger charge is 2.47. The number of carbonyl (C=O) groups excluding carboxylic acids is 2. The van der Waals surface area contributed by atoms with Crippen LogP contribution in [0.2, 0.25) is 0 Å². The van der Waals surface area contributed by atoms with E-state index in [1.54, 1.807) is 26.4 Å². The van der Waals surface area contributed by atoms with Crippen molar-refractivity contribution in [2.45, 2.75) is 44.9 Å². The zero-order valence-corrected chi connectivity index (χ0v) is 16.9. The first-order chi connectivity index (χ1) is 14.4. The molecule has 2 heterocycles. The summed E-state index contributed by atoms with van der Waals surface area (Å²) in [6, 6.07) is 0. The molecule has 1 aliphatic carbocycles. The van der Waals surface area contributed by atoms with Crippen molar-refractivity contribution in [1.29, 1.82) is 0 Å². The second-order valence-electron chi connectivity index (χ2n) is 6.72. The molecule has 0 aromatic carbocycles. The predicted molar refractivity (Wildman–Crippen MR) is 103 cm³/mol. The van der Waals surface area contributed by atoms with Crippen LogP contribution in [0.1, 0.15) is 26.7 Å². The Labute approximate surface area is 172 Å². The Hall–Kier alpha value is -3.15. The molecule has 1 saturated carbocycles. The Morgan fingerprint density at radius 2 is 1.73 bits per heavy atom. The number of rotatable bonds is 10. The largest absolute Gasteiger partial charge is 0.508 e. The molecule has 164 valence electrons. The maximum atomic E-state index is 11.5. The lowest BCUT2D eigenvalue weighted by Gasteiger charge is -2.24. The quantitative estimate of drug-likeness (QED) is 0.556. The standard InChI is InChI=1S/C18H25N5O7/c1-3-26-16(24)28-8-12(9-29-17(25)27-4-2)30-18(5-6-18)10-23-11-21-13-7-20-15(19)22-14(13)23/h7,11-12H,3-6,8-10H2,1-2H3,(H2,19,20,22). The van der Waals surface area contributed by atoms with Gasteiger partial charge in [-0.05, 0) is 26.7 Å². The number of nitrogen functional groups attached to an aromatic ring is 1. The van der Waals surface area contributed by atoms with E-state index in [2.05, 4.69) is 15.0 Å². The average Bonchev–Trinajstić information content (AvgIpc) is 3.36. The molecule has 0 saturated heterocycles. The van der Waals surface area contributed by atoms with Crippen molar-refractivity contribution in [3.63, 3.8) is 0 Å². The number of aromatic nitrogens is 4. The molecule has 0 amide bonds. The van der Waals surface area contributed by atoms with E-state index in [1.165, 1.54) is 0 Å². The molecule has 12 nitrogen and oxygen atoms in total. The maximum Gasteiger partial charge on any atom is 0.508 e. The second-order valence-corrected chi connectivity index (χ2v) is 6.72. The van der Waals surface area contributed by atoms with E-state index in [-0.39, 0.29) is 32.4 Å². The lowest BCUT2D eigenvalue weighted by Crippen LogP contribution is -2.35. The Morgan fingerprint density at radius 3 is 2.30 bits per heavy atom. The van der Waals surface area contributed by atoms with Crippen LogP contribution in [-0.2, 0) is 30.2 Å². The first-order valence-electron chi connectivity index (χ1n) is 9.65. The molecule has 2 N–H and O–H groups in total. The van der Waals surface area contributed by atoms with E-state index in [9.17, 15) is 9.59 Å². The molecule has 2 aromatic heterocycles. The molecule has 30 heavy (non-hydrogen) atoms. The van der Waals surface area contributed by atoms with E-state index in [1.807, 2.05) is 4.57 Å². The van der Waals surface area contributed by atoms with Crippen molar-refractivity contribution in [3.8, 4) is 0 Å². The highest BCUT2D eigenvalue weighted by molar-refractivity contribution is 5.70. The minimum Gasteiger partial charge on any atom is -0.435 e. The van der Waals surface area contributed by atoms with Gasteiger partial charge in [0.1, 0.15) is 24.8 Å². The fourth-order valence-corrected chi connectivity index (χ4v) is 2.86. The zero-order chi connectivity index (χ0) is 21.6. The van der Waals surface area contributed by atoms with E-state index >= 15 is 0 Å². The summed E-state index contributed by atoms with van der Waals surface area (Å²) in [6.45, 7) is 3.89. The summed E-state index contributed by atoms with van der Waals surface area (Å²) in [6.07, 6.45) is 2.39. The van der Waals surface area contributed by atoms with E-state index < -0.39 is 24.0 Å². The summed E-state index contributed by atoms with van der Waals surface area (Å²) in [5.74, 6) is 0.151. The van der Waals surface area contributed by atoms with Crippen molar-refractivity contribution < 1.29 is 33.3 Å². The normalized spacial score (nSPS) is 14.5. The Kier molecular flexibility index (Phi) is 6.87. The molecule has 0 radical (unpaired) electrons. The minimum absolute atomic E-state index is 0.139. The molecule has 3 rings (SSSR count). The average molecular weight is 423 g/mol. The lowest BCUT2D eigenvalue weighted by atomic mass is 10.3. The second kappa shape index (κ2) is 9.57. The van der Waals surface area contributed by atoms with Gasteiger partial charge in [-0.2, -0.15) is 4.98 Å². The minimum atomic E-state index is -0.820. The summed E-state index contributed by atoms with van der Waals surface area (Å²) in [5, 5.41) is 0. The summed E-state index contributed by atoms with van der Waals surface area (Å²) >= 11 is 0. The third-order valence-electron chi connectivity index (χ3n) is 4.36. The molecule has 0 aliphatic heterocycles. The Balaban J connectivity index is 1.65. The van der Waals surface area contributed by atoms with Crippen LogP contribution < -0.4 is 5.73 Å². The predicted octanol–water partition coefficient (Wildman–Crippen LogP) is 1.67. The summed E-state index contributed by atoms with van der Waals surface area (Å²) < 4.78 is 27.6. The van der Waals surface area contributed by atoms with Gasteiger partial charge in [-0.3, -0.25) is 0 Å². The fourth-order valence-electron chi connectivity index (χ4n) is 2.86. The van der Waals surface area contributed by atoms with Crippen molar-refractivity contribution in [2.24, 2.45) is 0 Å². The van der Waals surface area contributed by atoms with Gasteiger partial charge in [-0.15, -0.1) is 0 Å². The SMILES string of the molecule is CCOC(=O)OCC(COC(=O)OCC)OC1(Cn2cnc3cnc(N)nc32)CC1. The molecule has 0 atom stereocenters. The van der Waals surface area contributed by atoms with Crippen LogP contribution in [0.5, 0.6) is 0 Å². The summed E-state index contributed by atoms with van der Waals surface area (Å²) in [5.41, 5.74) is 6.36. The molecule has 1 aliphatic rings. The van der Waals surface area contributed by atoms with E-state index in [0.717, 1.165) is 12.8 Å². The molecule has 12 heteroatoms. The van der Waals surface area contributed by atoms with Crippen molar-refractivity contribution >= 4 is 29.4 Å². The van der Waals surface area contributed by atoms with Crippen LogP contribution in [0.3, 0.4) is 0 Å². The van der Waals surface area contributed by atoms with Crippen LogP contribution in [0.4, 0.5) is 15.5 Å². The monoisotopic (exact) mass is 423 g/mol. The van der Waals surface area contributed by atoms with Gasteiger partial charge in [0, 0.05) is 0 Å². The maximum absolute atomic E-state index is 11.5. The molecule has 0 unspecified atom stereocenters. The van der Waals surface area contributed by atoms with Crippen LogP contribution in [0.25, 0.3) is 11.2 Å². The van der Waals surface area contributed by atoms with Gasteiger partial charge < -0.3 is 34.0 Å². The van der Waals surface area contributed by atoms with E-state index in [4.69, 9.17) is 29.4 Å². The number of carbonyl (C=O) groups is 2. The van der Waals surface area contributed by atoms with Crippen molar-refractivity contribution in [2.75, 3.05) is 32.2 Å². The number of nitrogens with two attached hydrogens (primary N) is 1. The lowest BCUT2D eigenvalue weighted by molar-refractivity contribution is -0.0962. The van der Waals surface area contributed by atoms with Gasteiger partial charge in [0.15, 0.2) is 5.65 Å². The van der Waals surface area contributed by atoms with Crippen LogP contribution >= 0.6 is 0 Å². The van der Waals surface area contributed by atoms with Crippen LogP contribution in [0, 0.1) is 0 Å². The van der Waals surface area contributed by atoms with Crippen LogP contribution in [-0.4, -0.2) is 70.0 Å². The number of imidazole rings is 1. The number of fused-ring (bicyclic) bond motifs is 1. The fraction of sp³-hybridized carbons (Fsp3) is 0.611. The van der Waals surface area contributed by atoms with Gasteiger partial charge in [0.25, 0.3) is 0 Å². The topological polar surface area (TPSA) is 150 Å². The van der Waals surface area contributed by atoms with Crippen molar-refractivity contribution in [3.05, 3.63) is 12.5 Å². The highest BCUT2D eigenvalue weighted by atomic mass is 16.7. The van der Waals surface area contributed by atoms with Gasteiger partial charge >= 0.3 is 12.3 Å². The zero-order valence-electron chi connectivity index (χ0n) is 16.9. The van der Waals surface area contributed by atoms with Gasteiger partial charge in [-0.25, -0.2) is 19.6 Å². The van der Waals surface area contributed by atoms with Gasteiger partial charge in [0.05, 0.1) is 37.9 Å². The van der Waals surface area contributed by atoms with Crippen molar-refractivity contribution in [1.82, 2.24) is 19.5 Å². The molecule has 0 bridgehead atoms.